The van der Waals surface area contributed by atoms with Crippen LogP contribution in [0.3, 0.4) is 0 Å². The summed E-state index contributed by atoms with van der Waals surface area (Å²) in [5, 5.41) is 14.0. The van der Waals surface area contributed by atoms with Crippen molar-refractivity contribution in [2.24, 2.45) is 0 Å². The smallest absolute Gasteiger partial charge is 0.277 e. The maximum Gasteiger partial charge on any atom is 0.277 e. The summed E-state index contributed by atoms with van der Waals surface area (Å²) in [6.07, 6.45) is 6.90. The van der Waals surface area contributed by atoms with Crippen molar-refractivity contribution < 1.29 is 9.59 Å². The van der Waals surface area contributed by atoms with Crippen molar-refractivity contribution in [1.29, 1.82) is 0 Å². The predicted molar refractivity (Wildman–Crippen MR) is 311 cm³/mol. The quantitative estimate of drug-likeness (QED) is 0.0503. The molecular formula is C55H56Cl8N8O4. The summed E-state index contributed by atoms with van der Waals surface area (Å²) in [6.45, 7) is 10.6. The molecule has 2 aromatic heterocycles. The monoisotopic (exact) mass is 1170 g/mol. The largest absolute Gasteiger partial charge is 0.339 e. The molecule has 12 nitrogen and oxygen atoms in total. The maximum atomic E-state index is 15.7. The molecule has 0 aliphatic rings. The van der Waals surface area contributed by atoms with E-state index in [1.165, 1.54) is 24.3 Å². The Kier molecular flexibility index (Phi) is 20.3. The average molecular weight is 1180 g/mol. The minimum Gasteiger partial charge on any atom is -0.339 e. The van der Waals surface area contributed by atoms with Gasteiger partial charge >= 0.3 is 0 Å². The molecule has 396 valence electrons. The highest BCUT2D eigenvalue weighted by molar-refractivity contribution is 6.41. The number of anilines is 4. The van der Waals surface area contributed by atoms with E-state index >= 15 is 9.59 Å². The predicted octanol–water partition coefficient (Wildman–Crippen LogP) is 16.6. The van der Waals surface area contributed by atoms with Gasteiger partial charge in [-0.1, -0.05) is 177 Å². The van der Waals surface area contributed by atoms with E-state index in [1.807, 2.05) is 9.80 Å². The van der Waals surface area contributed by atoms with Gasteiger partial charge in [0.05, 0.1) is 58.6 Å². The van der Waals surface area contributed by atoms with Gasteiger partial charge in [-0.05, 0) is 91.9 Å². The van der Waals surface area contributed by atoms with Crippen molar-refractivity contribution in [1.82, 2.24) is 29.4 Å². The van der Waals surface area contributed by atoms with Crippen LogP contribution in [0.25, 0.3) is 11.4 Å². The Hall–Kier alpha value is -5.02. The van der Waals surface area contributed by atoms with Crippen molar-refractivity contribution in [3.05, 3.63) is 180 Å². The third kappa shape index (κ3) is 13.2. The molecular weight excluding hydrogens is 1120 g/mol. The zero-order valence-corrected chi connectivity index (χ0v) is 47.7. The van der Waals surface area contributed by atoms with Crippen LogP contribution < -0.4 is 21.8 Å². The summed E-state index contributed by atoms with van der Waals surface area (Å²) in [4.78, 5) is 63.5. The van der Waals surface area contributed by atoms with Gasteiger partial charge in [-0.25, -0.2) is 9.36 Å². The van der Waals surface area contributed by atoms with Gasteiger partial charge in [-0.3, -0.25) is 29.4 Å². The first-order valence-electron chi connectivity index (χ1n) is 24.8. The number of hydrogen-bond donors (Lipinski definition) is 4. The van der Waals surface area contributed by atoms with Crippen LogP contribution in [0, 0.1) is 0 Å². The molecule has 75 heavy (non-hydrogen) atoms. The molecule has 0 aliphatic heterocycles. The number of rotatable bonds is 23. The lowest BCUT2D eigenvalue weighted by Gasteiger charge is -2.23. The van der Waals surface area contributed by atoms with Crippen molar-refractivity contribution in [3.63, 3.8) is 0 Å². The second-order valence-corrected chi connectivity index (χ2v) is 21.3. The highest BCUT2D eigenvalue weighted by Crippen LogP contribution is 2.42. The number of amides is 2. The Labute approximate surface area is 476 Å². The molecule has 2 amide bonds. The molecule has 0 bridgehead atoms. The third-order valence-corrected chi connectivity index (χ3v) is 14.9. The van der Waals surface area contributed by atoms with Gasteiger partial charge in [0, 0.05) is 47.4 Å². The molecule has 0 spiro atoms. The van der Waals surface area contributed by atoms with Crippen LogP contribution in [0.2, 0.25) is 40.2 Å². The normalized spacial score (nSPS) is 11.4. The summed E-state index contributed by atoms with van der Waals surface area (Å²) in [5.74, 6) is -1.58. The molecule has 0 saturated heterocycles. The maximum absolute atomic E-state index is 15.7. The van der Waals surface area contributed by atoms with Crippen LogP contribution >= 0.6 is 92.8 Å². The SMILES string of the molecule is CCCCN(CCCC)C(=O)c1ccc(Cl)c(Nc2[nH]n(-c3c(Cl)cc(Cl)cc3Cl)c(=O)c2C(c2ccccc2)c2c(Nc3cc(C(=O)N(CCCC)CCCC)ccc3Cl)[nH]n(-c3c(Cl)cc(Cl)cc3Cl)c2=O)c1. The summed E-state index contributed by atoms with van der Waals surface area (Å²) in [5.41, 5.74) is 0.345. The number of aromatic nitrogens is 4. The Balaban J connectivity index is 1.51. The fourth-order valence-corrected chi connectivity index (χ4v) is 11.0. The van der Waals surface area contributed by atoms with Gasteiger partial charge in [-0.15, -0.1) is 0 Å². The van der Waals surface area contributed by atoms with E-state index < -0.39 is 17.0 Å². The fraction of sp³-hybridized carbons (Fsp3) is 0.309. The Bertz CT molecular complexity index is 3040. The Morgan fingerprint density at radius 2 is 0.840 bits per heavy atom. The number of carbonyl (C=O) groups excluding carboxylic acids is 2. The van der Waals surface area contributed by atoms with Gasteiger partial charge in [0.25, 0.3) is 22.9 Å². The standard InChI is InChI=1S/C55H56Cl8N8O4/c1-5-9-22-68(23-10-6-2)52(72)33-18-20-37(58)43(26-33)64-50-46(54(74)70(66-50)48-39(60)28-35(56)29-40(48)61)45(32-16-14-13-15-17-32)47-51(67-71(55(47)75)49-41(62)30-36(57)31-42(49)63)65-44-27-34(19-21-38(44)59)53(73)69(24-11-7-3)25-12-8-4/h13-21,26-31,45,64-67H,5-12,22-25H2,1-4H3. The highest BCUT2D eigenvalue weighted by atomic mass is 35.5. The van der Waals surface area contributed by atoms with Crippen LogP contribution in [0.15, 0.2) is 101 Å². The number of halogens is 8. The van der Waals surface area contributed by atoms with Crippen molar-refractivity contribution in [3.8, 4) is 11.4 Å². The van der Waals surface area contributed by atoms with E-state index in [0.29, 0.717) is 42.9 Å². The van der Waals surface area contributed by atoms with Crippen LogP contribution in [0.1, 0.15) is 122 Å². The summed E-state index contributed by atoms with van der Waals surface area (Å²) < 4.78 is 2.30. The van der Waals surface area contributed by atoms with Crippen LogP contribution in [-0.2, 0) is 0 Å². The molecule has 7 rings (SSSR count). The summed E-state index contributed by atoms with van der Waals surface area (Å²) in [6, 6.07) is 24.4. The average Bonchev–Trinajstić information content (AvgIpc) is 3.86. The zero-order valence-electron chi connectivity index (χ0n) is 41.7. The van der Waals surface area contributed by atoms with Crippen molar-refractivity contribution >= 4 is 128 Å². The van der Waals surface area contributed by atoms with E-state index in [2.05, 4.69) is 48.5 Å². The third-order valence-electron chi connectivity index (χ3n) is 12.6. The van der Waals surface area contributed by atoms with Crippen molar-refractivity contribution in [2.45, 2.75) is 85.0 Å². The van der Waals surface area contributed by atoms with Gasteiger partial charge < -0.3 is 20.4 Å². The van der Waals surface area contributed by atoms with E-state index in [0.717, 1.165) is 60.7 Å². The lowest BCUT2D eigenvalue weighted by atomic mass is 9.86. The van der Waals surface area contributed by atoms with Crippen LogP contribution in [-0.4, -0.2) is 67.4 Å². The van der Waals surface area contributed by atoms with Gasteiger partial charge in [-0.2, -0.15) is 0 Å². The lowest BCUT2D eigenvalue weighted by Crippen LogP contribution is -2.33. The number of benzene rings is 5. The van der Waals surface area contributed by atoms with Crippen molar-refractivity contribution in [2.75, 3.05) is 36.8 Å². The number of carbonyl (C=O) groups is 2. The number of nitrogens with zero attached hydrogens (tertiary/aromatic N) is 4. The second-order valence-electron chi connectivity index (χ2n) is 18.0. The molecule has 0 atom stereocenters. The van der Waals surface area contributed by atoms with E-state index in [1.54, 1.807) is 66.7 Å². The molecule has 0 radical (unpaired) electrons. The molecule has 7 aromatic rings. The molecule has 0 aliphatic carbocycles. The molecule has 20 heteroatoms. The molecule has 5 aromatic carbocycles. The molecule has 4 N–H and O–H groups in total. The number of hydrogen-bond acceptors (Lipinski definition) is 6. The van der Waals surface area contributed by atoms with Gasteiger partial charge in [0.2, 0.25) is 0 Å². The Morgan fingerprint density at radius 1 is 0.493 bits per heavy atom. The first-order valence-corrected chi connectivity index (χ1v) is 27.8. The van der Waals surface area contributed by atoms with Gasteiger partial charge in [0.15, 0.2) is 0 Å². The number of aromatic amines is 2. The molecule has 2 heterocycles. The Morgan fingerprint density at radius 3 is 1.17 bits per heavy atom. The second kappa shape index (κ2) is 26.4. The molecule has 0 saturated carbocycles. The first-order chi connectivity index (χ1) is 36.0. The number of H-pyrrole nitrogens is 2. The summed E-state index contributed by atoms with van der Waals surface area (Å²) in [7, 11) is 0. The minimum atomic E-state index is -1.29. The highest BCUT2D eigenvalue weighted by Gasteiger charge is 2.35. The lowest BCUT2D eigenvalue weighted by molar-refractivity contribution is 0.0743. The molecule has 0 fully saturated rings. The number of nitrogens with one attached hydrogen (secondary N) is 4. The number of unbranched alkanes of at least 4 members (excludes halogenated alkanes) is 4. The van der Waals surface area contributed by atoms with E-state index in [4.69, 9.17) is 92.8 Å². The van der Waals surface area contributed by atoms with E-state index in [-0.39, 0.29) is 97.5 Å². The first kappa shape index (κ1) is 57.7. The molecule has 0 unspecified atom stereocenters. The van der Waals surface area contributed by atoms with E-state index in [9.17, 15) is 9.59 Å². The van der Waals surface area contributed by atoms with Crippen LogP contribution in [0.4, 0.5) is 23.0 Å². The minimum absolute atomic E-state index is 0.0271. The van der Waals surface area contributed by atoms with Gasteiger partial charge in [0.1, 0.15) is 23.0 Å². The summed E-state index contributed by atoms with van der Waals surface area (Å²) >= 11 is 54.2. The topological polar surface area (TPSA) is 140 Å². The fourth-order valence-electron chi connectivity index (χ4n) is 8.73. The van der Waals surface area contributed by atoms with Crippen LogP contribution in [0.5, 0.6) is 0 Å². The zero-order chi connectivity index (χ0) is 54.1.